The Kier molecular flexibility index (Phi) is 3.21. The normalized spacial score (nSPS) is 35.0. The van der Waals surface area contributed by atoms with E-state index in [9.17, 15) is 4.79 Å². The third kappa shape index (κ3) is 2.10. The Balaban J connectivity index is 1.48. The van der Waals surface area contributed by atoms with Gasteiger partial charge in [0.05, 0.1) is 6.61 Å². The van der Waals surface area contributed by atoms with E-state index in [1.165, 1.54) is 51.4 Å². The van der Waals surface area contributed by atoms with Crippen molar-refractivity contribution >= 4 is 5.97 Å². The molecule has 2 nitrogen and oxygen atoms in total. The second-order valence-electron chi connectivity index (χ2n) is 6.53. The molecule has 18 heavy (non-hydrogen) atoms. The number of esters is 1. The number of carbonyl (C=O) groups excluding carboxylic acids is 1. The van der Waals surface area contributed by atoms with Crippen molar-refractivity contribution in [2.24, 2.45) is 17.3 Å². The number of hydrogen-bond acceptors (Lipinski definition) is 2. The van der Waals surface area contributed by atoms with Crippen molar-refractivity contribution in [3.8, 4) is 0 Å². The summed E-state index contributed by atoms with van der Waals surface area (Å²) in [6, 6.07) is 0. The summed E-state index contributed by atoms with van der Waals surface area (Å²) >= 11 is 0. The summed E-state index contributed by atoms with van der Waals surface area (Å²) in [4.78, 5) is 12.1. The van der Waals surface area contributed by atoms with Crippen molar-refractivity contribution in [3.63, 3.8) is 0 Å². The fourth-order valence-corrected chi connectivity index (χ4v) is 4.09. The molecule has 3 aliphatic rings. The minimum Gasteiger partial charge on any atom is -0.462 e. The Morgan fingerprint density at radius 3 is 2.56 bits per heavy atom. The zero-order valence-corrected chi connectivity index (χ0v) is 11.2. The fraction of sp³-hybridized carbons (Fsp3) is 0.812. The van der Waals surface area contributed by atoms with E-state index in [-0.39, 0.29) is 11.4 Å². The average molecular weight is 248 g/mol. The molecule has 0 aliphatic heterocycles. The van der Waals surface area contributed by atoms with Crippen LogP contribution in [0.15, 0.2) is 12.2 Å². The Morgan fingerprint density at radius 1 is 1.17 bits per heavy atom. The van der Waals surface area contributed by atoms with Gasteiger partial charge in [-0.3, -0.25) is 0 Å². The molecule has 0 aromatic rings. The molecule has 0 saturated heterocycles. The zero-order chi connectivity index (χ0) is 12.6. The van der Waals surface area contributed by atoms with E-state index in [4.69, 9.17) is 4.74 Å². The minimum absolute atomic E-state index is 0.107. The monoisotopic (exact) mass is 248 g/mol. The van der Waals surface area contributed by atoms with Gasteiger partial charge in [0.15, 0.2) is 0 Å². The molecule has 0 N–H and O–H groups in total. The van der Waals surface area contributed by atoms with E-state index in [2.05, 4.69) is 6.58 Å². The molecule has 0 aromatic heterocycles. The highest BCUT2D eigenvalue weighted by molar-refractivity contribution is 5.90. The average Bonchev–Trinajstić information content (AvgIpc) is 2.98. The van der Waals surface area contributed by atoms with E-state index in [1.54, 1.807) is 0 Å². The van der Waals surface area contributed by atoms with Crippen LogP contribution in [0.5, 0.6) is 0 Å². The lowest BCUT2D eigenvalue weighted by Crippen LogP contribution is -2.21. The van der Waals surface area contributed by atoms with Crippen LogP contribution in [0, 0.1) is 17.3 Å². The molecule has 3 fully saturated rings. The Bertz CT molecular complexity index is 354. The molecule has 3 aliphatic carbocycles. The Labute approximate surface area is 110 Å². The number of hydrogen-bond donors (Lipinski definition) is 0. The van der Waals surface area contributed by atoms with E-state index in [0.29, 0.717) is 12.5 Å². The summed E-state index contributed by atoms with van der Waals surface area (Å²) in [7, 11) is 0. The van der Waals surface area contributed by atoms with Gasteiger partial charge < -0.3 is 4.74 Å². The van der Waals surface area contributed by atoms with Gasteiger partial charge in [-0.2, -0.15) is 0 Å². The van der Waals surface area contributed by atoms with Crippen LogP contribution in [0.3, 0.4) is 0 Å². The maximum atomic E-state index is 12.1. The highest BCUT2D eigenvalue weighted by Crippen LogP contribution is 2.67. The molecule has 0 amide bonds. The largest absolute Gasteiger partial charge is 0.462 e. The van der Waals surface area contributed by atoms with Crippen molar-refractivity contribution in [2.75, 3.05) is 6.61 Å². The molecule has 0 spiro atoms. The number of fused-ring (bicyclic) bond motifs is 1. The maximum absolute atomic E-state index is 12.1. The first-order valence-corrected chi connectivity index (χ1v) is 7.59. The van der Waals surface area contributed by atoms with Gasteiger partial charge in [-0.15, -0.1) is 0 Å². The predicted octanol–water partition coefficient (Wildman–Crippen LogP) is 3.86. The molecule has 3 rings (SSSR count). The summed E-state index contributed by atoms with van der Waals surface area (Å²) in [5.41, 5.74) is 0.949. The van der Waals surface area contributed by atoms with Crippen LogP contribution in [0.2, 0.25) is 0 Å². The molecule has 0 aromatic carbocycles. The molecule has 2 unspecified atom stereocenters. The minimum atomic E-state index is -0.107. The molecule has 2 heteroatoms. The van der Waals surface area contributed by atoms with Gasteiger partial charge >= 0.3 is 5.97 Å². The van der Waals surface area contributed by atoms with Crippen molar-refractivity contribution < 1.29 is 9.53 Å². The molecule has 2 atom stereocenters. The van der Waals surface area contributed by atoms with Crippen LogP contribution in [-0.2, 0) is 9.53 Å². The lowest BCUT2D eigenvalue weighted by atomic mass is 9.90. The lowest BCUT2D eigenvalue weighted by molar-refractivity contribution is -0.141. The Morgan fingerprint density at radius 2 is 1.94 bits per heavy atom. The standard InChI is InChI=1S/C16H24O2/c1-12(16-9-5-8-14(16)10-16)15(17)18-11-13-6-3-2-4-7-13/h13-14H,1-11H2. The Hall–Kier alpha value is -0.790. The van der Waals surface area contributed by atoms with E-state index < -0.39 is 0 Å². The first kappa shape index (κ1) is 12.3. The molecule has 3 saturated carbocycles. The van der Waals surface area contributed by atoms with E-state index >= 15 is 0 Å². The van der Waals surface area contributed by atoms with Gasteiger partial charge in [0.2, 0.25) is 0 Å². The molecular weight excluding hydrogens is 224 g/mol. The van der Waals surface area contributed by atoms with Gasteiger partial charge in [-0.05, 0) is 43.9 Å². The SMILES string of the molecule is C=C(C(=O)OCC1CCCCC1)C12CCCC1C2. The van der Waals surface area contributed by atoms with Crippen LogP contribution < -0.4 is 0 Å². The van der Waals surface area contributed by atoms with Gasteiger partial charge in [0.25, 0.3) is 0 Å². The predicted molar refractivity (Wildman–Crippen MR) is 71.1 cm³/mol. The fourth-order valence-electron chi connectivity index (χ4n) is 4.09. The topological polar surface area (TPSA) is 26.3 Å². The van der Waals surface area contributed by atoms with Crippen molar-refractivity contribution in [2.45, 2.75) is 57.8 Å². The second-order valence-corrected chi connectivity index (χ2v) is 6.53. The summed E-state index contributed by atoms with van der Waals surface area (Å²) in [5, 5.41) is 0. The molecular formula is C16H24O2. The third-order valence-electron chi connectivity index (χ3n) is 5.43. The van der Waals surface area contributed by atoms with Crippen molar-refractivity contribution in [3.05, 3.63) is 12.2 Å². The third-order valence-corrected chi connectivity index (χ3v) is 5.43. The quantitative estimate of drug-likeness (QED) is 0.558. The smallest absolute Gasteiger partial charge is 0.333 e. The molecule has 0 heterocycles. The number of rotatable bonds is 4. The first-order valence-electron chi connectivity index (χ1n) is 7.59. The highest BCUT2D eigenvalue weighted by atomic mass is 16.5. The van der Waals surface area contributed by atoms with Crippen molar-refractivity contribution in [1.82, 2.24) is 0 Å². The van der Waals surface area contributed by atoms with Crippen LogP contribution in [0.1, 0.15) is 57.8 Å². The summed E-state index contributed by atoms with van der Waals surface area (Å²) in [6.07, 6.45) is 11.3. The lowest BCUT2D eigenvalue weighted by Gasteiger charge is -2.22. The summed E-state index contributed by atoms with van der Waals surface area (Å²) < 4.78 is 5.51. The van der Waals surface area contributed by atoms with Crippen LogP contribution in [-0.4, -0.2) is 12.6 Å². The van der Waals surface area contributed by atoms with Crippen LogP contribution >= 0.6 is 0 Å². The number of carbonyl (C=O) groups is 1. The molecule has 0 radical (unpaired) electrons. The second kappa shape index (κ2) is 4.71. The molecule has 100 valence electrons. The van der Waals surface area contributed by atoms with Gasteiger partial charge in [0.1, 0.15) is 0 Å². The van der Waals surface area contributed by atoms with E-state index in [1.807, 2.05) is 0 Å². The zero-order valence-electron chi connectivity index (χ0n) is 11.2. The highest BCUT2D eigenvalue weighted by Gasteiger charge is 2.60. The number of ether oxygens (including phenoxy) is 1. The maximum Gasteiger partial charge on any atom is 0.333 e. The van der Waals surface area contributed by atoms with Gasteiger partial charge in [0, 0.05) is 11.0 Å². The van der Waals surface area contributed by atoms with Gasteiger partial charge in [-0.25, -0.2) is 4.79 Å². The van der Waals surface area contributed by atoms with Crippen LogP contribution in [0.4, 0.5) is 0 Å². The molecule has 0 bridgehead atoms. The summed E-state index contributed by atoms with van der Waals surface area (Å²) in [5.74, 6) is 1.24. The van der Waals surface area contributed by atoms with Crippen LogP contribution in [0.25, 0.3) is 0 Å². The van der Waals surface area contributed by atoms with Gasteiger partial charge in [-0.1, -0.05) is 32.3 Å². The summed E-state index contributed by atoms with van der Waals surface area (Å²) in [6.45, 7) is 4.66. The van der Waals surface area contributed by atoms with E-state index in [0.717, 1.165) is 17.9 Å². The van der Waals surface area contributed by atoms with Crippen molar-refractivity contribution in [1.29, 1.82) is 0 Å². The first-order chi connectivity index (χ1) is 8.72.